The predicted octanol–water partition coefficient (Wildman–Crippen LogP) is 4.02. The van der Waals surface area contributed by atoms with Crippen molar-refractivity contribution in [2.45, 2.75) is 31.8 Å². The summed E-state index contributed by atoms with van der Waals surface area (Å²) in [7, 11) is 0. The Morgan fingerprint density at radius 1 is 1.14 bits per heavy atom. The van der Waals surface area contributed by atoms with Gasteiger partial charge in [-0.2, -0.15) is 5.10 Å². The monoisotopic (exact) mass is 379 g/mol. The Bertz CT molecular complexity index is 954. The van der Waals surface area contributed by atoms with Crippen molar-refractivity contribution >= 4 is 5.97 Å². The van der Waals surface area contributed by atoms with Crippen LogP contribution in [0.25, 0.3) is 16.9 Å². The quantitative estimate of drug-likeness (QED) is 0.679. The standard InChI is InChI=1S/C22H22FN3O2/c23-18-9-6-15(7-10-18)21-17(13-24-19-11-8-16(12-19)22(27)28)14-26(25-21)20-4-2-1-3-5-20/h1-7,9-10,14,16,19,24H,8,11-13H2,(H,27,28)/t16-,19-/m0/s1. The normalized spacial score (nSPS) is 19.0. The van der Waals surface area contributed by atoms with E-state index in [-0.39, 0.29) is 17.8 Å². The number of aromatic nitrogens is 2. The first-order valence-corrected chi connectivity index (χ1v) is 9.46. The molecule has 1 aliphatic rings. The highest BCUT2D eigenvalue weighted by molar-refractivity contribution is 5.70. The largest absolute Gasteiger partial charge is 0.481 e. The number of rotatable bonds is 6. The maximum absolute atomic E-state index is 13.3. The summed E-state index contributed by atoms with van der Waals surface area (Å²) < 4.78 is 15.2. The number of para-hydroxylation sites is 1. The van der Waals surface area contributed by atoms with E-state index in [0.29, 0.717) is 19.4 Å². The highest BCUT2D eigenvalue weighted by Crippen LogP contribution is 2.28. The van der Waals surface area contributed by atoms with Crippen molar-refractivity contribution in [1.29, 1.82) is 0 Å². The Balaban J connectivity index is 1.58. The summed E-state index contributed by atoms with van der Waals surface area (Å²) in [6, 6.07) is 16.3. The highest BCUT2D eigenvalue weighted by Gasteiger charge is 2.29. The summed E-state index contributed by atoms with van der Waals surface area (Å²) in [5.41, 5.74) is 3.59. The van der Waals surface area contributed by atoms with E-state index in [1.165, 1.54) is 12.1 Å². The molecule has 1 aliphatic carbocycles. The third-order valence-electron chi connectivity index (χ3n) is 5.29. The number of carbonyl (C=O) groups is 1. The third kappa shape index (κ3) is 3.97. The molecule has 0 aliphatic heterocycles. The molecule has 1 aromatic heterocycles. The lowest BCUT2D eigenvalue weighted by Gasteiger charge is -2.12. The minimum atomic E-state index is -0.715. The number of carboxylic acids is 1. The number of nitrogens with one attached hydrogen (secondary N) is 1. The number of halogens is 1. The fourth-order valence-corrected chi connectivity index (χ4v) is 3.75. The fraction of sp³-hybridized carbons (Fsp3) is 0.273. The number of nitrogens with zero attached hydrogens (tertiary/aromatic N) is 2. The van der Waals surface area contributed by atoms with E-state index >= 15 is 0 Å². The lowest BCUT2D eigenvalue weighted by Crippen LogP contribution is -2.26. The molecule has 4 rings (SSSR count). The zero-order valence-corrected chi connectivity index (χ0v) is 15.4. The fourth-order valence-electron chi connectivity index (χ4n) is 3.75. The Kier molecular flexibility index (Phi) is 5.21. The summed E-state index contributed by atoms with van der Waals surface area (Å²) in [6.45, 7) is 0.580. The van der Waals surface area contributed by atoms with Gasteiger partial charge in [-0.1, -0.05) is 18.2 Å². The van der Waals surface area contributed by atoms with Gasteiger partial charge in [-0.25, -0.2) is 9.07 Å². The molecule has 3 aromatic rings. The van der Waals surface area contributed by atoms with Gasteiger partial charge in [0.2, 0.25) is 0 Å². The molecule has 2 atom stereocenters. The molecule has 0 unspecified atom stereocenters. The Labute approximate surface area is 162 Å². The SMILES string of the molecule is O=C(O)[C@H]1CC[C@H](NCc2cn(-c3ccccc3)nc2-c2ccc(F)cc2)C1. The van der Waals surface area contributed by atoms with Gasteiger partial charge in [0.25, 0.3) is 0 Å². The molecule has 28 heavy (non-hydrogen) atoms. The summed E-state index contributed by atoms with van der Waals surface area (Å²) >= 11 is 0. The Morgan fingerprint density at radius 3 is 2.57 bits per heavy atom. The molecular weight excluding hydrogens is 357 g/mol. The van der Waals surface area contributed by atoms with E-state index in [2.05, 4.69) is 5.32 Å². The van der Waals surface area contributed by atoms with Gasteiger partial charge in [0.05, 0.1) is 17.3 Å². The van der Waals surface area contributed by atoms with Gasteiger partial charge in [-0.3, -0.25) is 4.79 Å². The van der Waals surface area contributed by atoms with Gasteiger partial charge in [0.15, 0.2) is 0 Å². The van der Waals surface area contributed by atoms with Crippen molar-refractivity contribution in [3.63, 3.8) is 0 Å². The van der Waals surface area contributed by atoms with Crippen LogP contribution >= 0.6 is 0 Å². The Morgan fingerprint density at radius 2 is 1.89 bits per heavy atom. The second-order valence-corrected chi connectivity index (χ2v) is 7.22. The Hall–Kier alpha value is -2.99. The van der Waals surface area contributed by atoms with Crippen molar-refractivity contribution in [1.82, 2.24) is 15.1 Å². The molecule has 0 bridgehead atoms. The summed E-state index contributed by atoms with van der Waals surface area (Å²) in [5.74, 6) is -1.26. The number of carboxylic acid groups (broad SMARTS) is 1. The molecule has 0 radical (unpaired) electrons. The second kappa shape index (κ2) is 7.94. The molecule has 1 fully saturated rings. The molecule has 1 heterocycles. The highest BCUT2D eigenvalue weighted by atomic mass is 19.1. The van der Waals surface area contributed by atoms with Crippen molar-refractivity contribution in [2.75, 3.05) is 0 Å². The molecule has 1 saturated carbocycles. The van der Waals surface area contributed by atoms with Crippen LogP contribution in [0.3, 0.4) is 0 Å². The molecule has 0 saturated heterocycles. The molecule has 144 valence electrons. The van der Waals surface area contributed by atoms with E-state index in [9.17, 15) is 14.3 Å². The summed E-state index contributed by atoms with van der Waals surface area (Å²) in [5, 5.41) is 17.4. The van der Waals surface area contributed by atoms with Crippen LogP contribution in [0.5, 0.6) is 0 Å². The molecule has 0 amide bonds. The van der Waals surface area contributed by atoms with Crippen LogP contribution in [0.2, 0.25) is 0 Å². The molecule has 2 N–H and O–H groups in total. The average molecular weight is 379 g/mol. The van der Waals surface area contributed by atoms with Crippen LogP contribution in [0.4, 0.5) is 4.39 Å². The van der Waals surface area contributed by atoms with Gasteiger partial charge in [0, 0.05) is 29.9 Å². The second-order valence-electron chi connectivity index (χ2n) is 7.22. The van der Waals surface area contributed by atoms with Crippen molar-refractivity contribution in [2.24, 2.45) is 5.92 Å². The van der Waals surface area contributed by atoms with Crippen molar-refractivity contribution < 1.29 is 14.3 Å². The molecular formula is C22H22FN3O2. The first-order chi connectivity index (χ1) is 13.6. The van der Waals surface area contributed by atoms with Crippen LogP contribution < -0.4 is 5.32 Å². The maximum atomic E-state index is 13.3. The molecule has 0 spiro atoms. The lowest BCUT2D eigenvalue weighted by atomic mass is 10.1. The van der Waals surface area contributed by atoms with Crippen LogP contribution in [-0.2, 0) is 11.3 Å². The lowest BCUT2D eigenvalue weighted by molar-refractivity contribution is -0.141. The van der Waals surface area contributed by atoms with Crippen LogP contribution in [0.1, 0.15) is 24.8 Å². The predicted molar refractivity (Wildman–Crippen MR) is 105 cm³/mol. The average Bonchev–Trinajstić information content (AvgIpc) is 3.35. The molecule has 2 aromatic carbocycles. The van der Waals surface area contributed by atoms with Gasteiger partial charge in [0.1, 0.15) is 5.82 Å². The van der Waals surface area contributed by atoms with Crippen LogP contribution in [0.15, 0.2) is 60.8 Å². The molecule has 5 nitrogen and oxygen atoms in total. The van der Waals surface area contributed by atoms with E-state index in [1.54, 1.807) is 12.1 Å². The number of hydrogen-bond donors (Lipinski definition) is 2. The topological polar surface area (TPSA) is 67.2 Å². The van der Waals surface area contributed by atoms with E-state index in [0.717, 1.165) is 28.9 Å². The summed E-state index contributed by atoms with van der Waals surface area (Å²) in [4.78, 5) is 11.2. The van der Waals surface area contributed by atoms with Gasteiger partial charge in [-0.15, -0.1) is 0 Å². The third-order valence-corrected chi connectivity index (χ3v) is 5.29. The van der Waals surface area contributed by atoms with Crippen molar-refractivity contribution in [3.05, 3.63) is 72.2 Å². The van der Waals surface area contributed by atoms with Crippen LogP contribution in [0, 0.1) is 11.7 Å². The van der Waals surface area contributed by atoms with Gasteiger partial charge in [-0.05, 0) is 55.7 Å². The number of aliphatic carboxylic acids is 1. The minimum Gasteiger partial charge on any atom is -0.481 e. The van der Waals surface area contributed by atoms with Crippen LogP contribution in [-0.4, -0.2) is 26.9 Å². The number of hydrogen-bond acceptors (Lipinski definition) is 3. The van der Waals surface area contributed by atoms with Crippen molar-refractivity contribution in [3.8, 4) is 16.9 Å². The van der Waals surface area contributed by atoms with Gasteiger partial charge < -0.3 is 10.4 Å². The maximum Gasteiger partial charge on any atom is 0.306 e. The summed E-state index contributed by atoms with van der Waals surface area (Å²) in [6.07, 6.45) is 4.19. The minimum absolute atomic E-state index is 0.183. The zero-order chi connectivity index (χ0) is 19.5. The molecule has 6 heteroatoms. The first kappa shape index (κ1) is 18.4. The van der Waals surface area contributed by atoms with E-state index in [4.69, 9.17) is 5.10 Å². The van der Waals surface area contributed by atoms with Gasteiger partial charge >= 0.3 is 5.97 Å². The zero-order valence-electron chi connectivity index (χ0n) is 15.4. The number of benzene rings is 2. The van der Waals surface area contributed by atoms with E-state index in [1.807, 2.05) is 41.2 Å². The smallest absolute Gasteiger partial charge is 0.306 e. The first-order valence-electron chi connectivity index (χ1n) is 9.46. The van der Waals surface area contributed by atoms with E-state index < -0.39 is 5.97 Å².